The van der Waals surface area contributed by atoms with Gasteiger partial charge >= 0.3 is 5.97 Å². The highest BCUT2D eigenvalue weighted by Gasteiger charge is 2.28. The maximum Gasteiger partial charge on any atom is 0.308 e. The van der Waals surface area contributed by atoms with E-state index in [1.54, 1.807) is 4.90 Å². The van der Waals surface area contributed by atoms with Crippen LogP contribution in [-0.4, -0.2) is 55.2 Å². The SMILES string of the molecule is O=C(O)[C@@H]1CCCN(C(=O)Cn2cnnn2)C1. The van der Waals surface area contributed by atoms with Crippen LogP contribution in [0.15, 0.2) is 6.33 Å². The number of nitrogens with zero attached hydrogens (tertiary/aromatic N) is 5. The van der Waals surface area contributed by atoms with Crippen LogP contribution < -0.4 is 0 Å². The second kappa shape index (κ2) is 4.89. The Kier molecular flexibility index (Phi) is 3.31. The van der Waals surface area contributed by atoms with E-state index in [1.807, 2.05) is 0 Å². The van der Waals surface area contributed by atoms with Gasteiger partial charge in [-0.1, -0.05) is 0 Å². The average molecular weight is 239 g/mol. The molecule has 8 heteroatoms. The molecule has 0 aliphatic carbocycles. The van der Waals surface area contributed by atoms with Gasteiger partial charge < -0.3 is 10.0 Å². The molecule has 1 fully saturated rings. The van der Waals surface area contributed by atoms with Gasteiger partial charge in [-0.2, -0.15) is 0 Å². The zero-order valence-corrected chi connectivity index (χ0v) is 9.19. The van der Waals surface area contributed by atoms with Crippen molar-refractivity contribution >= 4 is 11.9 Å². The predicted octanol–water partition coefficient (Wildman–Crippen LogP) is -1.00. The molecule has 1 amide bonds. The molecule has 2 rings (SSSR count). The number of carbonyl (C=O) groups is 2. The summed E-state index contributed by atoms with van der Waals surface area (Å²) in [6.07, 6.45) is 2.71. The minimum atomic E-state index is -0.843. The Balaban J connectivity index is 1.93. The number of aliphatic carboxylic acids is 1. The number of piperidine rings is 1. The van der Waals surface area contributed by atoms with Crippen LogP contribution in [0.2, 0.25) is 0 Å². The minimum absolute atomic E-state index is 0.0549. The number of rotatable bonds is 3. The van der Waals surface area contributed by atoms with E-state index >= 15 is 0 Å². The number of carboxylic acids is 1. The first-order valence-corrected chi connectivity index (χ1v) is 5.38. The van der Waals surface area contributed by atoms with Crippen LogP contribution in [0.1, 0.15) is 12.8 Å². The third-order valence-electron chi connectivity index (χ3n) is 2.81. The van der Waals surface area contributed by atoms with Crippen molar-refractivity contribution in [1.29, 1.82) is 0 Å². The first kappa shape index (κ1) is 11.5. The molecule has 2 heterocycles. The van der Waals surface area contributed by atoms with Crippen LogP contribution in [0.25, 0.3) is 0 Å². The number of carboxylic acid groups (broad SMARTS) is 1. The van der Waals surface area contributed by atoms with Crippen LogP contribution >= 0.6 is 0 Å². The summed E-state index contributed by atoms with van der Waals surface area (Å²) in [5, 5.41) is 19.4. The van der Waals surface area contributed by atoms with Gasteiger partial charge in [0.15, 0.2) is 0 Å². The summed E-state index contributed by atoms with van der Waals surface area (Å²) in [6.45, 7) is 0.931. The molecule has 0 saturated carbocycles. The lowest BCUT2D eigenvalue weighted by Crippen LogP contribution is -2.43. The molecule has 1 atom stereocenters. The first-order chi connectivity index (χ1) is 8.16. The van der Waals surface area contributed by atoms with E-state index < -0.39 is 11.9 Å². The normalized spacial score (nSPS) is 20.2. The predicted molar refractivity (Wildman–Crippen MR) is 54.8 cm³/mol. The van der Waals surface area contributed by atoms with Crippen molar-refractivity contribution < 1.29 is 14.7 Å². The Morgan fingerprint density at radius 2 is 2.29 bits per heavy atom. The number of likely N-dealkylation sites (tertiary alicyclic amines) is 1. The lowest BCUT2D eigenvalue weighted by Gasteiger charge is -2.30. The largest absolute Gasteiger partial charge is 0.481 e. The Morgan fingerprint density at radius 3 is 2.94 bits per heavy atom. The van der Waals surface area contributed by atoms with Crippen molar-refractivity contribution in [2.24, 2.45) is 5.92 Å². The molecule has 0 radical (unpaired) electrons. The Morgan fingerprint density at radius 1 is 1.47 bits per heavy atom. The maximum absolute atomic E-state index is 11.9. The molecule has 1 aromatic heterocycles. The zero-order valence-electron chi connectivity index (χ0n) is 9.19. The molecule has 8 nitrogen and oxygen atoms in total. The second-order valence-electron chi connectivity index (χ2n) is 4.02. The van der Waals surface area contributed by atoms with E-state index in [9.17, 15) is 9.59 Å². The highest BCUT2D eigenvalue weighted by atomic mass is 16.4. The molecule has 17 heavy (non-hydrogen) atoms. The van der Waals surface area contributed by atoms with Gasteiger partial charge in [0.05, 0.1) is 5.92 Å². The molecule has 1 aliphatic heterocycles. The van der Waals surface area contributed by atoms with Gasteiger partial charge in [-0.3, -0.25) is 9.59 Å². The Labute approximate surface area is 97.2 Å². The van der Waals surface area contributed by atoms with Crippen molar-refractivity contribution in [3.05, 3.63) is 6.33 Å². The monoisotopic (exact) mass is 239 g/mol. The lowest BCUT2D eigenvalue weighted by molar-refractivity contribution is -0.145. The third-order valence-corrected chi connectivity index (χ3v) is 2.81. The van der Waals surface area contributed by atoms with Gasteiger partial charge in [0.25, 0.3) is 0 Å². The summed E-state index contributed by atoms with van der Waals surface area (Å²) in [4.78, 5) is 24.3. The van der Waals surface area contributed by atoms with Crippen LogP contribution in [0, 0.1) is 5.92 Å². The number of aromatic nitrogens is 4. The fourth-order valence-electron chi connectivity index (χ4n) is 1.90. The number of hydrogen-bond donors (Lipinski definition) is 1. The molecular weight excluding hydrogens is 226 g/mol. The second-order valence-corrected chi connectivity index (χ2v) is 4.02. The minimum Gasteiger partial charge on any atom is -0.481 e. The first-order valence-electron chi connectivity index (χ1n) is 5.38. The van der Waals surface area contributed by atoms with E-state index in [4.69, 9.17) is 5.11 Å². The molecule has 1 N–H and O–H groups in total. The smallest absolute Gasteiger partial charge is 0.308 e. The van der Waals surface area contributed by atoms with Gasteiger partial charge in [0.1, 0.15) is 12.9 Å². The fraction of sp³-hybridized carbons (Fsp3) is 0.667. The molecule has 1 aliphatic rings. The van der Waals surface area contributed by atoms with E-state index in [2.05, 4.69) is 15.5 Å². The summed E-state index contributed by atoms with van der Waals surface area (Å²) in [5.74, 6) is -1.45. The van der Waals surface area contributed by atoms with Crippen molar-refractivity contribution in [3.63, 3.8) is 0 Å². The van der Waals surface area contributed by atoms with E-state index in [1.165, 1.54) is 11.0 Å². The Hall–Kier alpha value is -1.99. The van der Waals surface area contributed by atoms with E-state index in [-0.39, 0.29) is 19.0 Å². The Bertz CT molecular complexity index is 405. The highest BCUT2D eigenvalue weighted by molar-refractivity contribution is 5.77. The number of hydrogen-bond acceptors (Lipinski definition) is 5. The molecule has 0 unspecified atom stereocenters. The summed E-state index contributed by atoms with van der Waals surface area (Å²) in [7, 11) is 0. The van der Waals surface area contributed by atoms with Crippen LogP contribution in [0.3, 0.4) is 0 Å². The van der Waals surface area contributed by atoms with Crippen LogP contribution in [-0.2, 0) is 16.1 Å². The third kappa shape index (κ3) is 2.77. The van der Waals surface area contributed by atoms with Crippen LogP contribution in [0.4, 0.5) is 0 Å². The molecule has 0 aromatic carbocycles. The fourth-order valence-corrected chi connectivity index (χ4v) is 1.90. The van der Waals surface area contributed by atoms with Gasteiger partial charge in [0, 0.05) is 13.1 Å². The summed E-state index contributed by atoms with van der Waals surface area (Å²) in [6, 6.07) is 0. The summed E-state index contributed by atoms with van der Waals surface area (Å²) in [5.41, 5.74) is 0. The maximum atomic E-state index is 11.9. The van der Waals surface area contributed by atoms with Gasteiger partial charge in [-0.15, -0.1) is 5.10 Å². The number of carbonyl (C=O) groups excluding carboxylic acids is 1. The molecule has 1 aromatic rings. The summed E-state index contributed by atoms with van der Waals surface area (Å²) >= 11 is 0. The van der Waals surface area contributed by atoms with Gasteiger partial charge in [-0.25, -0.2) is 4.68 Å². The molecule has 92 valence electrons. The van der Waals surface area contributed by atoms with E-state index in [0.29, 0.717) is 13.0 Å². The lowest BCUT2D eigenvalue weighted by atomic mass is 9.98. The topological polar surface area (TPSA) is 101 Å². The van der Waals surface area contributed by atoms with Gasteiger partial charge in [-0.05, 0) is 23.3 Å². The molecule has 1 saturated heterocycles. The van der Waals surface area contributed by atoms with Gasteiger partial charge in [0.2, 0.25) is 5.91 Å². The molecular formula is C9H13N5O3. The number of amides is 1. The van der Waals surface area contributed by atoms with Crippen molar-refractivity contribution in [3.8, 4) is 0 Å². The standard InChI is InChI=1S/C9H13N5O3/c15-8(5-14-6-10-11-12-14)13-3-1-2-7(4-13)9(16)17/h6-7H,1-5H2,(H,16,17)/t7-/m1/s1. The molecule has 0 spiro atoms. The quantitative estimate of drug-likeness (QED) is 0.725. The van der Waals surface area contributed by atoms with Crippen molar-refractivity contribution in [1.82, 2.24) is 25.1 Å². The van der Waals surface area contributed by atoms with E-state index in [0.717, 1.165) is 6.42 Å². The number of tetrazole rings is 1. The summed E-state index contributed by atoms with van der Waals surface area (Å²) < 4.78 is 1.33. The average Bonchev–Trinajstić information content (AvgIpc) is 2.82. The van der Waals surface area contributed by atoms with Crippen molar-refractivity contribution in [2.45, 2.75) is 19.4 Å². The highest BCUT2D eigenvalue weighted by Crippen LogP contribution is 2.16. The zero-order chi connectivity index (χ0) is 12.3. The van der Waals surface area contributed by atoms with Crippen LogP contribution in [0.5, 0.6) is 0 Å². The molecule has 0 bridgehead atoms. The van der Waals surface area contributed by atoms with Crippen molar-refractivity contribution in [2.75, 3.05) is 13.1 Å².